The summed E-state index contributed by atoms with van der Waals surface area (Å²) in [6, 6.07) is 11.2. The van der Waals surface area contributed by atoms with Crippen molar-refractivity contribution in [2.24, 2.45) is 4.99 Å². The quantitative estimate of drug-likeness (QED) is 0.285. The van der Waals surface area contributed by atoms with Crippen LogP contribution in [0.5, 0.6) is 5.75 Å². The summed E-state index contributed by atoms with van der Waals surface area (Å²) >= 11 is 3.00. The van der Waals surface area contributed by atoms with Crippen molar-refractivity contribution in [1.82, 2.24) is 9.13 Å². The number of aromatic nitrogens is 2. The molecule has 10 heteroatoms. The van der Waals surface area contributed by atoms with Crippen molar-refractivity contribution in [3.63, 3.8) is 0 Å². The molecule has 1 atom stereocenters. The summed E-state index contributed by atoms with van der Waals surface area (Å²) in [5.41, 5.74) is 6.07. The second-order valence-corrected chi connectivity index (χ2v) is 12.8. The number of rotatable bonds is 6. The number of fused-ring (bicyclic) bond motifs is 2. The Kier molecular flexibility index (Phi) is 7.71. The number of aryl methyl sites for hydroxylation is 2. The van der Waals surface area contributed by atoms with Crippen LogP contribution in [0.2, 0.25) is 0 Å². The lowest BCUT2D eigenvalue weighted by atomic mass is 9.95. The van der Waals surface area contributed by atoms with Crippen molar-refractivity contribution in [3.8, 4) is 16.8 Å². The number of esters is 1. The van der Waals surface area contributed by atoms with E-state index in [-0.39, 0.29) is 12.2 Å². The largest absolute Gasteiger partial charge is 0.496 e. The molecule has 0 unspecified atom stereocenters. The summed E-state index contributed by atoms with van der Waals surface area (Å²) in [4.78, 5) is 33.9. The number of thiazole rings is 1. The molecule has 4 aromatic rings. The molecule has 43 heavy (non-hydrogen) atoms. The van der Waals surface area contributed by atoms with E-state index in [0.717, 1.165) is 53.2 Å². The molecule has 6 rings (SSSR count). The van der Waals surface area contributed by atoms with Gasteiger partial charge in [-0.25, -0.2) is 9.79 Å². The van der Waals surface area contributed by atoms with Crippen LogP contribution in [0.1, 0.15) is 71.2 Å². The summed E-state index contributed by atoms with van der Waals surface area (Å²) in [6.07, 6.45) is 6.12. The minimum absolute atomic E-state index is 0.203. The summed E-state index contributed by atoms with van der Waals surface area (Å²) in [5.74, 6) is 0.0542. The third-order valence-corrected chi connectivity index (χ3v) is 10.4. The molecule has 220 valence electrons. The maximum Gasteiger partial charge on any atom is 0.338 e. The molecule has 0 spiro atoms. The zero-order chi connectivity index (χ0) is 30.4. The topological polar surface area (TPSA) is 98.6 Å². The van der Waals surface area contributed by atoms with Gasteiger partial charge in [0.25, 0.3) is 5.56 Å². The second kappa shape index (κ2) is 11.5. The van der Waals surface area contributed by atoms with E-state index in [9.17, 15) is 14.9 Å². The van der Waals surface area contributed by atoms with Gasteiger partial charge in [0, 0.05) is 21.8 Å². The van der Waals surface area contributed by atoms with Crippen LogP contribution in [-0.4, -0.2) is 28.8 Å². The number of hydrogen-bond donors (Lipinski definition) is 0. The first kappa shape index (κ1) is 28.9. The highest BCUT2D eigenvalue weighted by Crippen LogP contribution is 2.39. The normalized spacial score (nSPS) is 16.4. The first-order chi connectivity index (χ1) is 20.8. The van der Waals surface area contributed by atoms with Crippen molar-refractivity contribution in [2.75, 3.05) is 13.7 Å². The fourth-order valence-corrected chi connectivity index (χ4v) is 8.68. The molecule has 0 bridgehead atoms. The number of thiophene rings is 1. The maximum absolute atomic E-state index is 14.2. The first-order valence-corrected chi connectivity index (χ1v) is 16.0. The van der Waals surface area contributed by atoms with Crippen molar-refractivity contribution in [1.29, 1.82) is 5.26 Å². The standard InChI is InChI=1S/C33H32N4O4S2/c1-6-41-32(39)28-19(3)35-33-37(29(28)23-12-7-9-13-25(23)40-5)30(38)27(43-33)16-21-15-18(2)36(20(21)4)31-24(17-34)22-11-8-10-14-26(22)42-31/h7,9,12-13,15-16,29H,6,8,10-11,14H2,1-5H3/b27-16+/t29-/m0/s1. The molecule has 0 saturated carbocycles. The molecule has 0 radical (unpaired) electrons. The molecule has 0 fully saturated rings. The lowest BCUT2D eigenvalue weighted by molar-refractivity contribution is -0.139. The van der Waals surface area contributed by atoms with E-state index >= 15 is 0 Å². The number of nitriles is 1. The number of hydrogen-bond acceptors (Lipinski definition) is 8. The van der Waals surface area contributed by atoms with Crippen molar-refractivity contribution in [2.45, 2.75) is 59.4 Å². The average molecular weight is 613 g/mol. The molecule has 1 aromatic carbocycles. The smallest absolute Gasteiger partial charge is 0.338 e. The van der Waals surface area contributed by atoms with E-state index in [1.165, 1.54) is 21.8 Å². The van der Waals surface area contributed by atoms with E-state index < -0.39 is 12.0 Å². The monoisotopic (exact) mass is 612 g/mol. The fraction of sp³-hybridized carbons (Fsp3) is 0.333. The van der Waals surface area contributed by atoms with Gasteiger partial charge in [-0.1, -0.05) is 29.5 Å². The lowest BCUT2D eigenvalue weighted by Crippen LogP contribution is -2.40. The predicted molar refractivity (Wildman–Crippen MR) is 168 cm³/mol. The van der Waals surface area contributed by atoms with Gasteiger partial charge in [-0.2, -0.15) is 5.26 Å². The third-order valence-electron chi connectivity index (χ3n) is 8.18. The Bertz CT molecular complexity index is 2030. The van der Waals surface area contributed by atoms with E-state index in [4.69, 9.17) is 14.5 Å². The Morgan fingerprint density at radius 3 is 2.70 bits per heavy atom. The van der Waals surface area contributed by atoms with Gasteiger partial charge < -0.3 is 14.0 Å². The van der Waals surface area contributed by atoms with Crippen molar-refractivity contribution in [3.05, 3.63) is 99.8 Å². The number of ether oxygens (including phenoxy) is 2. The SMILES string of the molecule is CCOC(=O)C1=C(C)N=c2s/c(=C/c3cc(C)n(-c4sc5c(c4C#N)CCCC5)c3C)c(=O)n2[C@H]1c1ccccc1OC. The zero-order valence-corrected chi connectivity index (χ0v) is 26.4. The summed E-state index contributed by atoms with van der Waals surface area (Å²) in [7, 11) is 1.57. The number of carbonyl (C=O) groups is 1. The molecule has 8 nitrogen and oxygen atoms in total. The number of allylic oxidation sites excluding steroid dienone is 1. The molecular weight excluding hydrogens is 581 g/mol. The molecule has 2 aliphatic rings. The van der Waals surface area contributed by atoms with Crippen molar-refractivity contribution < 1.29 is 14.3 Å². The highest BCUT2D eigenvalue weighted by atomic mass is 32.1. The minimum atomic E-state index is -0.753. The summed E-state index contributed by atoms with van der Waals surface area (Å²) in [6.45, 7) is 7.78. The van der Waals surface area contributed by atoms with Crippen LogP contribution in [0, 0.1) is 25.2 Å². The van der Waals surface area contributed by atoms with Gasteiger partial charge in [-0.05, 0) is 82.7 Å². The summed E-state index contributed by atoms with van der Waals surface area (Å²) in [5, 5.41) is 11.0. The van der Waals surface area contributed by atoms with Gasteiger partial charge in [0.05, 0.1) is 35.1 Å². The molecule has 3 aromatic heterocycles. The van der Waals surface area contributed by atoms with E-state index in [2.05, 4.69) is 16.7 Å². The van der Waals surface area contributed by atoms with Crippen LogP contribution in [-0.2, 0) is 22.4 Å². The number of carbonyl (C=O) groups excluding carboxylic acids is 1. The Morgan fingerprint density at radius 2 is 1.95 bits per heavy atom. The molecular formula is C33H32N4O4S2. The molecule has 1 aliphatic carbocycles. The Morgan fingerprint density at radius 1 is 1.19 bits per heavy atom. The van der Waals surface area contributed by atoms with Crippen LogP contribution in [0.25, 0.3) is 11.1 Å². The Balaban J connectivity index is 1.53. The van der Waals surface area contributed by atoms with Crippen LogP contribution in [0.3, 0.4) is 0 Å². The van der Waals surface area contributed by atoms with Gasteiger partial charge in [0.2, 0.25) is 0 Å². The molecule has 1 aliphatic heterocycles. The van der Waals surface area contributed by atoms with Crippen LogP contribution in [0.15, 0.2) is 51.4 Å². The van der Waals surface area contributed by atoms with Gasteiger partial charge in [-0.3, -0.25) is 9.36 Å². The Labute approximate surface area is 257 Å². The highest BCUT2D eigenvalue weighted by Gasteiger charge is 2.35. The molecule has 4 heterocycles. The zero-order valence-electron chi connectivity index (χ0n) is 24.8. The lowest BCUT2D eigenvalue weighted by Gasteiger charge is -2.25. The van der Waals surface area contributed by atoms with Gasteiger partial charge in [0.15, 0.2) is 4.80 Å². The Hall–Kier alpha value is -4.20. The first-order valence-electron chi connectivity index (χ1n) is 14.4. The highest BCUT2D eigenvalue weighted by molar-refractivity contribution is 7.15. The van der Waals surface area contributed by atoms with Gasteiger partial charge >= 0.3 is 5.97 Å². The minimum Gasteiger partial charge on any atom is -0.496 e. The van der Waals surface area contributed by atoms with E-state index in [1.54, 1.807) is 36.9 Å². The number of benzene rings is 1. The number of para-hydroxylation sites is 1. The molecule has 0 saturated heterocycles. The second-order valence-electron chi connectivity index (χ2n) is 10.7. The van der Waals surface area contributed by atoms with Crippen molar-refractivity contribution >= 4 is 34.7 Å². The van der Waals surface area contributed by atoms with E-state index in [1.807, 2.05) is 44.2 Å². The molecule has 0 amide bonds. The number of methoxy groups -OCH3 is 1. The third kappa shape index (κ3) is 4.77. The molecule has 0 N–H and O–H groups in total. The van der Waals surface area contributed by atoms with E-state index in [0.29, 0.717) is 31.9 Å². The van der Waals surface area contributed by atoms with Crippen LogP contribution < -0.4 is 19.6 Å². The predicted octanol–water partition coefficient (Wildman–Crippen LogP) is 5.03. The van der Waals surface area contributed by atoms with Crippen LogP contribution >= 0.6 is 22.7 Å². The summed E-state index contributed by atoms with van der Waals surface area (Å²) < 4.78 is 15.3. The fourth-order valence-electron chi connectivity index (χ4n) is 6.19. The van der Waals surface area contributed by atoms with Gasteiger partial charge in [0.1, 0.15) is 22.9 Å². The van der Waals surface area contributed by atoms with Crippen LogP contribution in [0.4, 0.5) is 0 Å². The number of nitrogens with zero attached hydrogens (tertiary/aromatic N) is 4. The maximum atomic E-state index is 14.2. The average Bonchev–Trinajstić information content (AvgIpc) is 3.61. The van der Waals surface area contributed by atoms with Gasteiger partial charge in [-0.15, -0.1) is 11.3 Å².